The zero-order chi connectivity index (χ0) is 37.7. The Bertz CT molecular complexity index is 1800. The fraction of sp³-hybridized carbons (Fsp3) is 0.487. The fourth-order valence-corrected chi connectivity index (χ4v) is 7.26. The van der Waals surface area contributed by atoms with Crippen LogP contribution in [0.1, 0.15) is 102 Å². The van der Waals surface area contributed by atoms with E-state index < -0.39 is 57.0 Å². The Morgan fingerprint density at radius 1 is 1.06 bits per heavy atom. The molecule has 2 atom stereocenters. The molecule has 276 valence electrons. The van der Waals surface area contributed by atoms with E-state index in [9.17, 15) is 19.8 Å². The largest absolute Gasteiger partial charge is 0.488 e. The van der Waals surface area contributed by atoms with Crippen molar-refractivity contribution in [3.8, 4) is 22.6 Å². The van der Waals surface area contributed by atoms with Gasteiger partial charge in [-0.05, 0) is 84.9 Å². The lowest BCUT2D eigenvalue weighted by Gasteiger charge is -2.44. The number of rotatable bonds is 9. The summed E-state index contributed by atoms with van der Waals surface area (Å²) < 4.78 is 50.8. The molecule has 9 nitrogen and oxygen atoms in total. The topological polar surface area (TPSA) is 132 Å². The first-order chi connectivity index (χ1) is 23.6. The number of hydrogen-bond donors (Lipinski definition) is 3. The minimum atomic E-state index is -1.38. The first kappa shape index (κ1) is 38.3. The van der Waals surface area contributed by atoms with E-state index in [1.165, 1.54) is 26.0 Å². The molecule has 1 aliphatic heterocycles. The second-order valence-electron chi connectivity index (χ2n) is 15.6. The molecule has 0 radical (unpaired) electrons. The van der Waals surface area contributed by atoms with Gasteiger partial charge in [-0.15, -0.1) is 0 Å². The van der Waals surface area contributed by atoms with Crippen molar-refractivity contribution >= 4 is 23.6 Å². The molecule has 1 heterocycles. The lowest BCUT2D eigenvalue weighted by Crippen LogP contribution is -2.54. The Morgan fingerprint density at radius 2 is 1.69 bits per heavy atom. The van der Waals surface area contributed by atoms with Crippen molar-refractivity contribution in [1.29, 1.82) is 0 Å². The monoisotopic (exact) mass is 728 g/mol. The van der Waals surface area contributed by atoms with E-state index in [1.807, 2.05) is 37.3 Å². The molecule has 4 N–H and O–H groups in total. The highest BCUT2D eigenvalue weighted by Gasteiger charge is 2.53. The lowest BCUT2D eigenvalue weighted by atomic mass is 9.76. The van der Waals surface area contributed by atoms with E-state index in [1.54, 1.807) is 32.6 Å². The number of amides is 2. The smallest absolute Gasteiger partial charge is 0.410 e. The number of fused-ring (bicyclic) bond motifs is 1. The molecular formula is C39H47ClF2N2O7. The number of benzene rings is 3. The summed E-state index contributed by atoms with van der Waals surface area (Å²) in [6.07, 6.45) is 1.32. The molecule has 1 aliphatic carbocycles. The molecule has 0 bridgehead atoms. The maximum Gasteiger partial charge on any atom is 0.410 e. The normalized spacial score (nSPS) is 23.3. The van der Waals surface area contributed by atoms with Crippen LogP contribution in [0.25, 0.3) is 11.1 Å². The molecule has 0 unspecified atom stereocenters. The van der Waals surface area contributed by atoms with Gasteiger partial charge in [0.15, 0.2) is 17.2 Å². The van der Waals surface area contributed by atoms with E-state index in [4.69, 9.17) is 31.5 Å². The zero-order valence-corrected chi connectivity index (χ0v) is 30.9. The summed E-state index contributed by atoms with van der Waals surface area (Å²) in [7, 11) is 0. The van der Waals surface area contributed by atoms with Gasteiger partial charge in [-0.3, -0.25) is 4.79 Å². The average molecular weight is 729 g/mol. The predicted molar refractivity (Wildman–Crippen MR) is 190 cm³/mol. The fourth-order valence-electron chi connectivity index (χ4n) is 7.01. The van der Waals surface area contributed by atoms with Crippen LogP contribution in [-0.4, -0.2) is 63.1 Å². The molecular weight excluding hydrogens is 682 g/mol. The number of primary amides is 1. The van der Waals surface area contributed by atoms with Crippen LogP contribution in [0.3, 0.4) is 0 Å². The minimum absolute atomic E-state index is 0.0385. The van der Waals surface area contributed by atoms with Gasteiger partial charge in [0.1, 0.15) is 23.8 Å². The van der Waals surface area contributed by atoms with Gasteiger partial charge in [0, 0.05) is 34.7 Å². The van der Waals surface area contributed by atoms with Gasteiger partial charge in [0.2, 0.25) is 5.91 Å². The van der Waals surface area contributed by atoms with Crippen LogP contribution < -0.4 is 15.2 Å². The van der Waals surface area contributed by atoms with Gasteiger partial charge < -0.3 is 35.1 Å². The van der Waals surface area contributed by atoms with Gasteiger partial charge in [-0.25, -0.2) is 13.6 Å². The highest BCUT2D eigenvalue weighted by atomic mass is 35.5. The van der Waals surface area contributed by atoms with E-state index in [0.29, 0.717) is 36.8 Å². The third-order valence-corrected chi connectivity index (χ3v) is 9.99. The molecule has 12 heteroatoms. The standard InChI is InChI=1S/C39H47ClF2N2O7/c1-22-29-28(19-26(41)32(40)31(29)30-25(34(43)45)13-14-27(33(30)42)49-21-37(5,6)47)50-39(22,23-11-9-8-10-12-23)20-44(35(46)51-36(2,3)4)24-15-17-38(7,48)18-16-24/h8-14,19,22,24,47-48H,15-18,20-21H2,1-7H3,(H2,43,45)/t22-,24?,38?,39-/m0/s1. The van der Waals surface area contributed by atoms with Gasteiger partial charge in [-0.2, -0.15) is 0 Å². The predicted octanol–water partition coefficient (Wildman–Crippen LogP) is 7.86. The molecule has 0 aromatic heterocycles. The van der Waals surface area contributed by atoms with Crippen molar-refractivity contribution < 1.29 is 42.8 Å². The van der Waals surface area contributed by atoms with Crippen LogP contribution >= 0.6 is 11.6 Å². The van der Waals surface area contributed by atoms with Gasteiger partial charge in [0.25, 0.3) is 0 Å². The average Bonchev–Trinajstić information content (AvgIpc) is 3.30. The second kappa shape index (κ2) is 13.9. The number of halogens is 3. The summed E-state index contributed by atoms with van der Waals surface area (Å²) in [5, 5.41) is 20.5. The molecule has 0 spiro atoms. The number of carbonyl (C=O) groups is 2. The molecule has 2 amide bonds. The number of hydrogen-bond acceptors (Lipinski definition) is 7. The summed E-state index contributed by atoms with van der Waals surface area (Å²) in [6.45, 7) is 11.5. The Morgan fingerprint density at radius 3 is 2.25 bits per heavy atom. The van der Waals surface area contributed by atoms with Gasteiger partial charge >= 0.3 is 6.09 Å². The molecule has 2 aliphatic rings. The quantitative estimate of drug-likeness (QED) is 0.205. The lowest BCUT2D eigenvalue weighted by molar-refractivity contribution is -0.0437. The van der Waals surface area contributed by atoms with Crippen LogP contribution in [0.2, 0.25) is 5.02 Å². The highest BCUT2D eigenvalue weighted by molar-refractivity contribution is 6.34. The Balaban J connectivity index is 1.72. The van der Waals surface area contributed by atoms with Gasteiger partial charge in [-0.1, -0.05) is 48.9 Å². The van der Waals surface area contributed by atoms with E-state index in [-0.39, 0.29) is 47.4 Å². The van der Waals surface area contributed by atoms with Crippen LogP contribution in [0.15, 0.2) is 48.5 Å². The van der Waals surface area contributed by atoms with Crippen LogP contribution in [0.5, 0.6) is 11.5 Å². The van der Waals surface area contributed by atoms with Crippen LogP contribution in [0, 0.1) is 11.6 Å². The molecule has 3 aromatic carbocycles. The molecule has 5 rings (SSSR count). The van der Waals surface area contributed by atoms with E-state index in [2.05, 4.69) is 0 Å². The highest BCUT2D eigenvalue weighted by Crippen LogP contribution is 2.57. The Kier molecular flexibility index (Phi) is 10.4. The molecule has 3 aromatic rings. The Labute approximate surface area is 302 Å². The summed E-state index contributed by atoms with van der Waals surface area (Å²) >= 11 is 6.71. The third-order valence-electron chi connectivity index (χ3n) is 9.62. The van der Waals surface area contributed by atoms with Gasteiger partial charge in [0.05, 0.1) is 28.3 Å². The van der Waals surface area contributed by atoms with Crippen molar-refractivity contribution in [2.24, 2.45) is 5.73 Å². The number of ether oxygens (including phenoxy) is 3. The maximum atomic E-state index is 16.6. The second-order valence-corrected chi connectivity index (χ2v) is 16.0. The summed E-state index contributed by atoms with van der Waals surface area (Å²) in [6, 6.07) is 12.4. The molecule has 0 saturated heterocycles. The van der Waals surface area contributed by atoms with Crippen LogP contribution in [0.4, 0.5) is 13.6 Å². The van der Waals surface area contributed by atoms with E-state index >= 15 is 8.78 Å². The van der Waals surface area contributed by atoms with Crippen molar-refractivity contribution in [1.82, 2.24) is 4.90 Å². The first-order valence-electron chi connectivity index (χ1n) is 17.1. The molecule has 1 fully saturated rings. The van der Waals surface area contributed by atoms with E-state index in [0.717, 1.165) is 6.07 Å². The number of carbonyl (C=O) groups excluding carboxylic acids is 2. The maximum absolute atomic E-state index is 16.6. The van der Waals surface area contributed by atoms with Crippen molar-refractivity contribution in [3.63, 3.8) is 0 Å². The van der Waals surface area contributed by atoms with Crippen molar-refractivity contribution in [3.05, 3.63) is 81.9 Å². The Hall–Kier alpha value is -3.93. The summed E-state index contributed by atoms with van der Waals surface area (Å²) in [4.78, 5) is 28.5. The number of nitrogens with two attached hydrogens (primary N) is 1. The zero-order valence-electron chi connectivity index (χ0n) is 30.1. The third kappa shape index (κ3) is 7.95. The minimum Gasteiger partial charge on any atom is -0.488 e. The first-order valence-corrected chi connectivity index (χ1v) is 17.5. The van der Waals surface area contributed by atoms with Crippen molar-refractivity contribution in [2.45, 2.75) is 109 Å². The number of aliphatic hydroxyl groups is 2. The SMILES string of the molecule is C[C@H]1c2c(cc(F)c(Cl)c2-c2c(C(N)=O)ccc(OCC(C)(C)O)c2F)O[C@]1(CN(C(=O)OC(C)(C)C)C1CCC(C)(O)CC1)c1ccccc1. The summed E-state index contributed by atoms with van der Waals surface area (Å²) in [5.74, 6) is -3.96. The molecule has 1 saturated carbocycles. The van der Waals surface area contributed by atoms with Crippen LogP contribution in [-0.2, 0) is 10.3 Å². The number of nitrogens with zero attached hydrogens (tertiary/aromatic N) is 1. The molecule has 51 heavy (non-hydrogen) atoms. The van der Waals surface area contributed by atoms with Crippen molar-refractivity contribution in [2.75, 3.05) is 13.2 Å². The summed E-state index contributed by atoms with van der Waals surface area (Å²) in [5.41, 5.74) is 1.48.